The average molecular weight is 374 g/mol. The van der Waals surface area contributed by atoms with Crippen molar-refractivity contribution in [3.63, 3.8) is 0 Å². The van der Waals surface area contributed by atoms with E-state index in [0.29, 0.717) is 11.8 Å². The molecule has 0 spiro atoms. The number of hydrogen-bond donors (Lipinski definition) is 2. The van der Waals surface area contributed by atoms with Crippen LogP contribution < -0.4 is 10.6 Å². The van der Waals surface area contributed by atoms with Crippen LogP contribution in [-0.4, -0.2) is 27.9 Å². The van der Waals surface area contributed by atoms with E-state index < -0.39 is 0 Å². The highest BCUT2D eigenvalue weighted by atomic mass is 32.2. The second kappa shape index (κ2) is 7.05. The summed E-state index contributed by atoms with van der Waals surface area (Å²) in [6.07, 6.45) is 2.40. The number of para-hydroxylation sites is 1. The molecule has 8 heteroatoms. The van der Waals surface area contributed by atoms with Gasteiger partial charge in [-0.25, -0.2) is 0 Å². The molecule has 2 heterocycles. The molecule has 1 aromatic carbocycles. The van der Waals surface area contributed by atoms with Gasteiger partial charge in [0.2, 0.25) is 11.0 Å². The zero-order valence-corrected chi connectivity index (χ0v) is 15.3. The fraction of sp³-hybridized carbons (Fsp3) is 0.353. The normalized spacial score (nSPS) is 15.2. The summed E-state index contributed by atoms with van der Waals surface area (Å²) in [6.45, 7) is 1.92. The van der Waals surface area contributed by atoms with Gasteiger partial charge in [0.05, 0.1) is 11.8 Å². The predicted octanol–water partition coefficient (Wildman–Crippen LogP) is 3.83. The lowest BCUT2D eigenvalue weighted by molar-refractivity contribution is -0.119. The molecular formula is C17H18N4O2S2. The van der Waals surface area contributed by atoms with Crippen LogP contribution in [0.3, 0.4) is 0 Å². The smallest absolute Gasteiger partial charge is 0.231 e. The molecule has 2 N–H and O–H groups in total. The number of hydrogen-bond acceptors (Lipinski definition) is 7. The highest BCUT2D eigenvalue weighted by Crippen LogP contribution is 2.30. The molecule has 2 aromatic heterocycles. The molecule has 0 saturated heterocycles. The van der Waals surface area contributed by atoms with E-state index in [9.17, 15) is 4.79 Å². The van der Waals surface area contributed by atoms with Gasteiger partial charge in [-0.1, -0.05) is 41.3 Å². The van der Waals surface area contributed by atoms with Crippen molar-refractivity contribution in [2.45, 2.75) is 36.2 Å². The standard InChI is InChI=1S/C17H18N4O2S2/c1-10(14-8-11-4-2-3-5-13(11)23-14)18-15(22)9-24-17-21-20-16(25-17)19-12-6-7-12/h2-5,8,10,12H,6-7,9H2,1H3,(H,18,22)(H,19,20)/t10-/m1/s1. The first-order chi connectivity index (χ1) is 12.2. The van der Waals surface area contributed by atoms with Gasteiger partial charge in [-0.3, -0.25) is 4.79 Å². The molecule has 1 aliphatic rings. The number of carbonyl (C=O) groups excluding carboxylic acids is 1. The van der Waals surface area contributed by atoms with Crippen LogP contribution in [0.2, 0.25) is 0 Å². The zero-order chi connectivity index (χ0) is 17.2. The summed E-state index contributed by atoms with van der Waals surface area (Å²) in [7, 11) is 0. The highest BCUT2D eigenvalue weighted by molar-refractivity contribution is 8.01. The Morgan fingerprint density at radius 3 is 3.04 bits per heavy atom. The summed E-state index contributed by atoms with van der Waals surface area (Å²) in [4.78, 5) is 12.2. The van der Waals surface area contributed by atoms with Gasteiger partial charge in [-0.15, -0.1) is 10.2 Å². The lowest BCUT2D eigenvalue weighted by Crippen LogP contribution is -2.27. The fourth-order valence-corrected chi connectivity index (χ4v) is 4.07. The first-order valence-corrected chi connectivity index (χ1v) is 9.98. The number of thioether (sulfide) groups is 1. The van der Waals surface area contributed by atoms with E-state index in [2.05, 4.69) is 20.8 Å². The van der Waals surface area contributed by atoms with E-state index in [1.807, 2.05) is 37.3 Å². The Morgan fingerprint density at radius 1 is 1.40 bits per heavy atom. The van der Waals surface area contributed by atoms with Crippen molar-refractivity contribution >= 4 is 45.1 Å². The van der Waals surface area contributed by atoms with Gasteiger partial charge in [0.25, 0.3) is 0 Å². The lowest BCUT2D eigenvalue weighted by atomic mass is 10.2. The molecule has 0 aliphatic heterocycles. The van der Waals surface area contributed by atoms with Crippen molar-refractivity contribution < 1.29 is 9.21 Å². The number of amides is 1. The van der Waals surface area contributed by atoms with Crippen molar-refractivity contribution in [1.82, 2.24) is 15.5 Å². The van der Waals surface area contributed by atoms with E-state index in [1.165, 1.54) is 35.9 Å². The van der Waals surface area contributed by atoms with Gasteiger partial charge < -0.3 is 15.1 Å². The minimum absolute atomic E-state index is 0.0511. The first-order valence-electron chi connectivity index (χ1n) is 8.18. The largest absolute Gasteiger partial charge is 0.459 e. The maximum absolute atomic E-state index is 12.2. The molecule has 130 valence electrons. The van der Waals surface area contributed by atoms with Gasteiger partial charge in [0, 0.05) is 11.4 Å². The second-order valence-corrected chi connectivity index (χ2v) is 8.26. The summed E-state index contributed by atoms with van der Waals surface area (Å²) >= 11 is 2.89. The Morgan fingerprint density at radius 2 is 2.24 bits per heavy atom. The molecule has 3 aromatic rings. The number of furan rings is 1. The van der Waals surface area contributed by atoms with Crippen molar-refractivity contribution in [2.75, 3.05) is 11.1 Å². The van der Waals surface area contributed by atoms with E-state index in [0.717, 1.165) is 26.2 Å². The number of nitrogens with one attached hydrogen (secondary N) is 2. The fourth-order valence-electron chi connectivity index (χ4n) is 2.43. The van der Waals surface area contributed by atoms with Crippen LogP contribution in [0.25, 0.3) is 11.0 Å². The molecule has 1 saturated carbocycles. The summed E-state index contributed by atoms with van der Waals surface area (Å²) in [5, 5.41) is 16.3. The third-order valence-corrected chi connectivity index (χ3v) is 5.87. The van der Waals surface area contributed by atoms with Crippen molar-refractivity contribution in [3.05, 3.63) is 36.1 Å². The Kier molecular flexibility index (Phi) is 4.63. The third kappa shape index (κ3) is 4.13. The maximum Gasteiger partial charge on any atom is 0.231 e. The number of benzene rings is 1. The van der Waals surface area contributed by atoms with E-state index >= 15 is 0 Å². The highest BCUT2D eigenvalue weighted by Gasteiger charge is 2.22. The monoisotopic (exact) mass is 374 g/mol. The number of aromatic nitrogens is 2. The maximum atomic E-state index is 12.2. The number of carbonyl (C=O) groups is 1. The van der Waals surface area contributed by atoms with Crippen LogP contribution in [0.4, 0.5) is 5.13 Å². The quantitative estimate of drug-likeness (QED) is 0.612. The molecule has 25 heavy (non-hydrogen) atoms. The second-order valence-electron chi connectivity index (χ2n) is 6.06. The van der Waals surface area contributed by atoms with Crippen molar-refractivity contribution in [1.29, 1.82) is 0 Å². The Bertz CT molecular complexity index is 855. The van der Waals surface area contributed by atoms with Crippen LogP contribution in [0.5, 0.6) is 0 Å². The molecule has 1 aliphatic carbocycles. The van der Waals surface area contributed by atoms with Gasteiger partial charge in [0.1, 0.15) is 11.3 Å². The van der Waals surface area contributed by atoms with Crippen LogP contribution in [0.1, 0.15) is 31.6 Å². The SMILES string of the molecule is C[C@@H](NC(=O)CSc1nnc(NC2CC2)s1)c1cc2ccccc2o1. The molecule has 6 nitrogen and oxygen atoms in total. The van der Waals surface area contributed by atoms with Gasteiger partial charge in [-0.2, -0.15) is 0 Å². The first kappa shape index (κ1) is 16.4. The summed E-state index contributed by atoms with van der Waals surface area (Å²) in [5.41, 5.74) is 0.831. The minimum atomic E-state index is -0.179. The van der Waals surface area contributed by atoms with Gasteiger partial charge >= 0.3 is 0 Å². The van der Waals surface area contributed by atoms with Gasteiger partial charge in [0.15, 0.2) is 4.34 Å². The molecule has 1 fully saturated rings. The summed E-state index contributed by atoms with van der Waals surface area (Å²) < 4.78 is 6.59. The number of anilines is 1. The van der Waals surface area contributed by atoms with Gasteiger partial charge in [-0.05, 0) is 31.9 Å². The van der Waals surface area contributed by atoms with Crippen molar-refractivity contribution in [2.24, 2.45) is 0 Å². The molecule has 1 amide bonds. The lowest BCUT2D eigenvalue weighted by Gasteiger charge is -2.10. The van der Waals surface area contributed by atoms with E-state index in [1.54, 1.807) is 0 Å². The summed E-state index contributed by atoms with van der Waals surface area (Å²) in [5.74, 6) is 1.01. The molecule has 1 atom stereocenters. The number of fused-ring (bicyclic) bond motifs is 1. The third-order valence-electron chi connectivity index (χ3n) is 3.89. The average Bonchev–Trinajstić information content (AvgIpc) is 3.13. The zero-order valence-electron chi connectivity index (χ0n) is 13.7. The number of nitrogens with zero attached hydrogens (tertiary/aromatic N) is 2. The Labute approximate surface area is 153 Å². The molecular weight excluding hydrogens is 356 g/mol. The van der Waals surface area contributed by atoms with Crippen molar-refractivity contribution in [3.8, 4) is 0 Å². The minimum Gasteiger partial charge on any atom is -0.459 e. The van der Waals surface area contributed by atoms with Crippen LogP contribution in [0.15, 0.2) is 39.1 Å². The van der Waals surface area contributed by atoms with E-state index in [-0.39, 0.29) is 11.9 Å². The van der Waals surface area contributed by atoms with Crippen LogP contribution >= 0.6 is 23.1 Å². The predicted molar refractivity (Wildman–Crippen MR) is 100 cm³/mol. The van der Waals surface area contributed by atoms with Crippen LogP contribution in [-0.2, 0) is 4.79 Å². The molecule has 0 unspecified atom stereocenters. The number of rotatable bonds is 7. The molecule has 0 radical (unpaired) electrons. The Hall–Kier alpha value is -2.06. The molecule has 4 rings (SSSR count). The Balaban J connectivity index is 1.29. The topological polar surface area (TPSA) is 80.0 Å². The molecule has 0 bridgehead atoms. The summed E-state index contributed by atoms with van der Waals surface area (Å²) in [6, 6.07) is 10.2. The van der Waals surface area contributed by atoms with Crippen LogP contribution in [0, 0.1) is 0 Å². The van der Waals surface area contributed by atoms with E-state index in [4.69, 9.17) is 4.42 Å².